The minimum atomic E-state index is -1.78. The molecule has 2 aliphatic rings. The van der Waals surface area contributed by atoms with E-state index in [0.717, 1.165) is 4.90 Å². The maximum Gasteiger partial charge on any atom is 0.326 e. The first kappa shape index (κ1) is 85.0. The van der Waals surface area contributed by atoms with E-state index in [1.807, 2.05) is 0 Å². The Bertz CT molecular complexity index is 2840. The summed E-state index contributed by atoms with van der Waals surface area (Å²) in [6.07, 6.45) is -1.44. The van der Waals surface area contributed by atoms with Crippen molar-refractivity contribution >= 4 is 151 Å². The lowest BCUT2D eigenvalue weighted by atomic mass is 10.0. The number of rotatable bonds is 44. The Labute approximate surface area is 582 Å². The zero-order valence-electron chi connectivity index (χ0n) is 54.2. The van der Waals surface area contributed by atoms with E-state index in [0.29, 0.717) is 19.4 Å². The summed E-state index contributed by atoms with van der Waals surface area (Å²) in [5.74, 6) is -17.6. The number of hydrogen-bond donors (Lipinski definition) is 22. The largest absolute Gasteiger partial charge is 0.481 e. The molecule has 41 heteroatoms. The van der Waals surface area contributed by atoms with Gasteiger partial charge in [-0.3, -0.25) is 77.1 Å². The van der Waals surface area contributed by atoms with Crippen molar-refractivity contribution in [3.05, 3.63) is 0 Å². The van der Waals surface area contributed by atoms with Crippen LogP contribution in [0.5, 0.6) is 0 Å². The first-order chi connectivity index (χ1) is 45.7. The Balaban J connectivity index is 2.35. The number of aliphatic imine (C=N–C) groups is 2. The quantitative estimate of drug-likeness (QED) is 0.0117. The number of nitrogens with two attached hydrogens (primary N) is 5. The maximum absolute atomic E-state index is 14.2. The zero-order valence-corrected chi connectivity index (χ0v) is 57.8. The van der Waals surface area contributed by atoms with Gasteiger partial charge in [0.15, 0.2) is 11.9 Å². The molecule has 12 atom stereocenters. The maximum atomic E-state index is 14.2. The van der Waals surface area contributed by atoms with Crippen molar-refractivity contribution in [1.82, 2.24) is 63.0 Å². The van der Waals surface area contributed by atoms with E-state index in [4.69, 9.17) is 28.7 Å². The van der Waals surface area contributed by atoms with Crippen molar-refractivity contribution in [2.45, 2.75) is 183 Å². The fourth-order valence-electron chi connectivity index (χ4n) is 10.1. The number of thiol groups is 4. The van der Waals surface area contributed by atoms with Gasteiger partial charge in [0, 0.05) is 69.0 Å². The van der Waals surface area contributed by atoms with Gasteiger partial charge in [0.2, 0.25) is 70.9 Å². The number of likely N-dealkylation sites (tertiary alicyclic amines) is 2. The molecule has 12 amide bonds. The van der Waals surface area contributed by atoms with Gasteiger partial charge in [-0.2, -0.15) is 50.5 Å². The molecule has 0 aromatic rings. The third kappa shape index (κ3) is 29.7. The van der Waals surface area contributed by atoms with Crippen LogP contribution in [0.25, 0.3) is 0 Å². The highest BCUT2D eigenvalue weighted by atomic mass is 32.1. The van der Waals surface area contributed by atoms with Crippen LogP contribution in [0.1, 0.15) is 111 Å². The third-order valence-electron chi connectivity index (χ3n) is 15.3. The van der Waals surface area contributed by atoms with Crippen LogP contribution in [0, 0.1) is 5.92 Å². The van der Waals surface area contributed by atoms with E-state index in [1.54, 1.807) is 13.8 Å². The van der Waals surface area contributed by atoms with Crippen molar-refractivity contribution in [2.75, 3.05) is 55.7 Å². The number of amides is 12. The second-order valence-electron chi connectivity index (χ2n) is 23.1. The highest BCUT2D eigenvalue weighted by molar-refractivity contribution is 7.80. The molecular weight excluding hydrogens is 1350 g/mol. The molecule has 97 heavy (non-hydrogen) atoms. The number of carboxylic acid groups (broad SMARTS) is 3. The second-order valence-corrected chi connectivity index (χ2v) is 24.6. The van der Waals surface area contributed by atoms with E-state index in [-0.39, 0.29) is 107 Å². The summed E-state index contributed by atoms with van der Waals surface area (Å²) in [6, 6.07) is -17.2. The lowest BCUT2D eigenvalue weighted by Crippen LogP contribution is -2.61. The lowest BCUT2D eigenvalue weighted by molar-refractivity contribution is -0.143. The molecular formula is C56H95N19O18S4. The van der Waals surface area contributed by atoms with Crippen LogP contribution in [-0.4, -0.2) is 254 Å². The average molecular weight is 1450 g/mol. The number of hydrogen-bond acceptors (Lipinski definition) is 22. The van der Waals surface area contributed by atoms with Crippen LogP contribution in [0.2, 0.25) is 0 Å². The summed E-state index contributed by atoms with van der Waals surface area (Å²) in [5.41, 5.74) is 27.5. The molecule has 0 saturated carbocycles. The van der Waals surface area contributed by atoms with E-state index in [9.17, 15) is 87.2 Å². The van der Waals surface area contributed by atoms with E-state index in [2.05, 4.69) is 114 Å². The van der Waals surface area contributed by atoms with Gasteiger partial charge in [-0.1, -0.05) is 13.8 Å². The smallest absolute Gasteiger partial charge is 0.326 e. The van der Waals surface area contributed by atoms with Crippen LogP contribution in [0.3, 0.4) is 0 Å². The van der Waals surface area contributed by atoms with Gasteiger partial charge in [-0.05, 0) is 89.5 Å². The van der Waals surface area contributed by atoms with Gasteiger partial charge in [0.1, 0.15) is 72.5 Å². The van der Waals surface area contributed by atoms with Crippen molar-refractivity contribution in [2.24, 2.45) is 44.6 Å². The Morgan fingerprint density at radius 2 is 0.753 bits per heavy atom. The van der Waals surface area contributed by atoms with E-state index >= 15 is 0 Å². The fourth-order valence-corrected chi connectivity index (χ4v) is 11.1. The molecule has 0 bridgehead atoms. The molecule has 0 unspecified atom stereocenters. The number of carbonyl (C=O) groups is 15. The molecule has 23 N–H and O–H groups in total. The molecule has 2 heterocycles. The normalized spacial score (nSPS) is 17.2. The van der Waals surface area contributed by atoms with E-state index < -0.39 is 198 Å². The van der Waals surface area contributed by atoms with Crippen LogP contribution < -0.4 is 81.8 Å². The number of aliphatic carboxylic acids is 3. The predicted octanol–water partition coefficient (Wildman–Crippen LogP) is -7.13. The minimum absolute atomic E-state index is 0.00282. The summed E-state index contributed by atoms with van der Waals surface area (Å²) in [5, 5.41) is 53.6. The van der Waals surface area contributed by atoms with Crippen LogP contribution >= 0.6 is 50.5 Å². The predicted molar refractivity (Wildman–Crippen MR) is 364 cm³/mol. The standard InChI is InChI=1S/C56H95N19O18S4/c1-27(2)42(54(92)93)73-47(85)31(11-6-20-63-56(60)61)64-43(81)30(10-5-19-62-55(58)59)66-48(86)34(23-94)69-45(83)32(14-16-40(77)78)67-49(87)35(24-95)70-46(84)33(15-17-41(79)80)68-52(90)39-13-8-22-75(39)53(91)37(26-97)72-44(82)29(9-4-18-57)65-50(88)36(25-96)71-51(89)38-12-7-21-74(38)28(3)76/h27,29-39,42,94-97H,4-26,57H2,1-3H3,(H,64,81)(H,65,88)(H,66,86)(H,67,87)(H,68,90)(H,69,83)(H,70,84)(H,71,89)(H,72,82)(H,73,85)(H,77,78)(H,79,80)(H,92,93)(H4,58,59,62)(H4,60,61,63)/t29-,30-,31-,32-,33-,34-,35-,36-,37-,38-,39-,42-/m0/s1. The van der Waals surface area contributed by atoms with Gasteiger partial charge >= 0.3 is 17.9 Å². The Kier molecular flexibility index (Phi) is 38.6. The Morgan fingerprint density at radius 3 is 1.10 bits per heavy atom. The molecule has 546 valence electrons. The SMILES string of the molecule is CC(=O)N1CCC[C@H]1C(=O)N[C@@H](CS)C(=O)N[C@@H](CCCN)C(=O)N[C@@H](CS)C(=O)N1CCC[C@H]1C(=O)N[C@@H](CCC(=O)O)C(=O)N[C@@H](CS)C(=O)N[C@@H](CCC(=O)O)C(=O)N[C@@H](CS)C(=O)N[C@@H](CCCN=C(N)N)C(=O)N[C@@H](CCCN=C(N)N)C(=O)N[C@H](C(=O)O)C(C)C. The van der Waals surface area contributed by atoms with Crippen molar-refractivity contribution in [3.63, 3.8) is 0 Å². The highest BCUT2D eigenvalue weighted by Crippen LogP contribution is 2.21. The summed E-state index contributed by atoms with van der Waals surface area (Å²) in [4.78, 5) is 211. The summed E-state index contributed by atoms with van der Waals surface area (Å²) >= 11 is 16.9. The zero-order chi connectivity index (χ0) is 73.2. The summed E-state index contributed by atoms with van der Waals surface area (Å²) < 4.78 is 0. The molecule has 0 radical (unpaired) electrons. The van der Waals surface area contributed by atoms with Crippen molar-refractivity contribution in [1.29, 1.82) is 0 Å². The molecule has 0 aliphatic carbocycles. The Hall–Kier alpha value is -8.05. The van der Waals surface area contributed by atoms with Crippen LogP contribution in [-0.2, 0) is 71.9 Å². The van der Waals surface area contributed by atoms with Crippen LogP contribution in [0.15, 0.2) is 9.98 Å². The highest BCUT2D eigenvalue weighted by Gasteiger charge is 2.41. The molecule has 0 aromatic heterocycles. The second kappa shape index (κ2) is 44.0. The molecule has 2 fully saturated rings. The third-order valence-corrected chi connectivity index (χ3v) is 16.8. The molecule has 2 aliphatic heterocycles. The first-order valence-corrected chi connectivity index (χ1v) is 33.8. The molecule has 2 rings (SSSR count). The Morgan fingerprint density at radius 1 is 0.443 bits per heavy atom. The van der Waals surface area contributed by atoms with Crippen molar-refractivity contribution in [3.8, 4) is 0 Å². The van der Waals surface area contributed by atoms with Crippen LogP contribution in [0.4, 0.5) is 0 Å². The van der Waals surface area contributed by atoms with Gasteiger partial charge in [0.25, 0.3) is 0 Å². The monoisotopic (exact) mass is 1450 g/mol. The van der Waals surface area contributed by atoms with Gasteiger partial charge in [0.05, 0.1) is 0 Å². The fraction of sp³-hybridized carbons (Fsp3) is 0.696. The topological polar surface area (TPSA) is 598 Å². The van der Waals surface area contributed by atoms with E-state index in [1.165, 1.54) is 11.8 Å². The summed E-state index contributed by atoms with van der Waals surface area (Å²) in [6.45, 7) is 4.77. The molecule has 37 nitrogen and oxygen atoms in total. The average Bonchev–Trinajstić information content (AvgIpc) is 1.79. The molecule has 2 saturated heterocycles. The van der Waals surface area contributed by atoms with Gasteiger partial charge in [-0.15, -0.1) is 0 Å². The molecule has 0 aromatic carbocycles. The number of nitrogens with zero attached hydrogens (tertiary/aromatic N) is 4. The number of guanidine groups is 2. The summed E-state index contributed by atoms with van der Waals surface area (Å²) in [7, 11) is 0. The first-order valence-electron chi connectivity index (χ1n) is 31.3. The van der Waals surface area contributed by atoms with Gasteiger partial charge in [-0.25, -0.2) is 4.79 Å². The lowest BCUT2D eigenvalue weighted by Gasteiger charge is -2.30. The number of carboxylic acids is 3. The number of carbonyl (C=O) groups excluding carboxylic acids is 12. The minimum Gasteiger partial charge on any atom is -0.481 e. The van der Waals surface area contributed by atoms with Gasteiger partial charge < -0.3 is 107 Å². The molecule has 0 spiro atoms. The van der Waals surface area contributed by atoms with Crippen molar-refractivity contribution < 1.29 is 87.2 Å². The number of nitrogens with one attached hydrogen (secondary N) is 10.